The van der Waals surface area contributed by atoms with Crippen molar-refractivity contribution >= 4 is 5.97 Å². The number of halogens is 3. The van der Waals surface area contributed by atoms with Crippen molar-refractivity contribution in [2.75, 3.05) is 7.11 Å². The molecule has 5 nitrogen and oxygen atoms in total. The van der Waals surface area contributed by atoms with Crippen molar-refractivity contribution in [1.82, 2.24) is 9.97 Å². The predicted octanol–water partition coefficient (Wildman–Crippen LogP) is 1.65. The third-order valence-electron chi connectivity index (χ3n) is 1.96. The number of aliphatic hydroxyl groups excluding tert-OH is 1. The lowest BCUT2D eigenvalue weighted by Crippen LogP contribution is -2.12. The molecule has 0 bridgehead atoms. The van der Waals surface area contributed by atoms with Gasteiger partial charge in [-0.3, -0.25) is 0 Å². The van der Waals surface area contributed by atoms with Gasteiger partial charge in [-0.2, -0.15) is 13.2 Å². The van der Waals surface area contributed by atoms with E-state index in [4.69, 9.17) is 5.11 Å². The summed E-state index contributed by atoms with van der Waals surface area (Å²) in [7, 11) is 1.12. The van der Waals surface area contributed by atoms with Crippen molar-refractivity contribution in [1.29, 1.82) is 0 Å². The normalized spacial score (nSPS) is 12.3. The van der Waals surface area contributed by atoms with E-state index in [9.17, 15) is 18.0 Å². The van der Waals surface area contributed by atoms with Crippen LogP contribution in [0.25, 0.3) is 0 Å². The number of aromatic nitrogens is 2. The van der Waals surface area contributed by atoms with Crippen molar-refractivity contribution < 1.29 is 27.8 Å². The van der Waals surface area contributed by atoms with E-state index in [1.165, 1.54) is 0 Å². The number of carbonyl (C=O) groups excluding carboxylic acids is 1. The van der Waals surface area contributed by atoms with Gasteiger partial charge in [0.1, 0.15) is 0 Å². The third-order valence-corrected chi connectivity index (χ3v) is 1.96. The van der Waals surface area contributed by atoms with Gasteiger partial charge in [-0.1, -0.05) is 0 Å². The Morgan fingerprint density at radius 2 is 2.00 bits per heavy atom. The van der Waals surface area contributed by atoms with Crippen LogP contribution in [-0.4, -0.2) is 28.2 Å². The molecular formula is C10H9F3N2O3. The Morgan fingerprint density at radius 1 is 1.44 bits per heavy atom. The summed E-state index contributed by atoms with van der Waals surface area (Å²) in [4.78, 5) is 17.4. The lowest BCUT2D eigenvalue weighted by molar-refractivity contribution is -0.145. The van der Waals surface area contributed by atoms with Crippen molar-refractivity contribution in [3.05, 3.63) is 35.6 Å². The monoisotopic (exact) mass is 262 g/mol. The van der Waals surface area contributed by atoms with Crippen LogP contribution in [0.2, 0.25) is 0 Å². The summed E-state index contributed by atoms with van der Waals surface area (Å²) in [5.41, 5.74) is 0.134. The van der Waals surface area contributed by atoms with E-state index in [1.54, 1.807) is 0 Å². The average molecular weight is 262 g/mol. The smallest absolute Gasteiger partial charge is 0.451 e. The summed E-state index contributed by atoms with van der Waals surface area (Å²) in [6, 6.07) is 0. The molecule has 0 unspecified atom stereocenters. The minimum atomic E-state index is -4.61. The number of hydrogen-bond donors (Lipinski definition) is 1. The molecule has 1 heterocycles. The second-order valence-corrected chi connectivity index (χ2v) is 3.24. The van der Waals surface area contributed by atoms with Crippen LogP contribution < -0.4 is 0 Å². The van der Waals surface area contributed by atoms with Gasteiger partial charge in [0.2, 0.25) is 5.82 Å². The van der Waals surface area contributed by atoms with Crippen molar-refractivity contribution in [3.63, 3.8) is 0 Å². The fourth-order valence-corrected chi connectivity index (χ4v) is 1.11. The second kappa shape index (κ2) is 5.48. The van der Waals surface area contributed by atoms with Gasteiger partial charge in [0, 0.05) is 18.8 Å². The molecule has 1 aromatic heterocycles. The fourth-order valence-electron chi connectivity index (χ4n) is 1.11. The van der Waals surface area contributed by atoms with E-state index in [0.717, 1.165) is 19.5 Å². The number of aliphatic hydroxyl groups is 1. The van der Waals surface area contributed by atoms with Crippen LogP contribution in [0.3, 0.4) is 0 Å². The molecule has 0 saturated heterocycles. The Bertz CT molecular complexity index is 454. The van der Waals surface area contributed by atoms with Gasteiger partial charge in [-0.15, -0.1) is 0 Å². The summed E-state index contributed by atoms with van der Waals surface area (Å²) in [5, 5.41) is 8.79. The molecule has 0 atom stereocenters. The first-order valence-corrected chi connectivity index (χ1v) is 4.68. The molecule has 0 aliphatic carbocycles. The molecule has 1 aromatic rings. The van der Waals surface area contributed by atoms with E-state index in [0.29, 0.717) is 6.26 Å². The Morgan fingerprint density at radius 3 is 2.39 bits per heavy atom. The van der Waals surface area contributed by atoms with Gasteiger partial charge in [0.15, 0.2) is 0 Å². The number of nitrogens with zero attached hydrogens (tertiary/aromatic N) is 2. The molecule has 98 valence electrons. The van der Waals surface area contributed by atoms with Crippen LogP contribution >= 0.6 is 0 Å². The SMILES string of the molecule is COC(=O)/C(=C\O)Cc1cnc(C(F)(F)F)nc1. The third kappa shape index (κ3) is 3.44. The predicted molar refractivity (Wildman–Crippen MR) is 53.5 cm³/mol. The summed E-state index contributed by atoms with van der Waals surface area (Å²) >= 11 is 0. The lowest BCUT2D eigenvalue weighted by atomic mass is 10.1. The molecule has 0 aromatic carbocycles. The van der Waals surface area contributed by atoms with Crippen molar-refractivity contribution in [2.45, 2.75) is 12.6 Å². The Kier molecular flexibility index (Phi) is 4.24. The maximum atomic E-state index is 12.2. The molecule has 8 heteroatoms. The number of ether oxygens (including phenoxy) is 1. The highest BCUT2D eigenvalue weighted by atomic mass is 19.4. The second-order valence-electron chi connectivity index (χ2n) is 3.24. The molecule has 0 aliphatic rings. The maximum absolute atomic E-state index is 12.2. The summed E-state index contributed by atoms with van der Waals surface area (Å²) < 4.78 is 40.9. The van der Waals surface area contributed by atoms with Gasteiger partial charge in [-0.05, 0) is 5.56 Å². The van der Waals surface area contributed by atoms with E-state index >= 15 is 0 Å². The van der Waals surface area contributed by atoms with E-state index in [1.807, 2.05) is 0 Å². The minimum absolute atomic E-state index is 0.110. The zero-order valence-corrected chi connectivity index (χ0v) is 9.23. The first-order valence-electron chi connectivity index (χ1n) is 4.68. The number of methoxy groups -OCH3 is 1. The first-order chi connectivity index (χ1) is 8.38. The Labute approximate surface area is 99.9 Å². The Hall–Kier alpha value is -2.12. The van der Waals surface area contributed by atoms with Crippen molar-refractivity contribution in [3.8, 4) is 0 Å². The number of hydrogen-bond acceptors (Lipinski definition) is 5. The van der Waals surface area contributed by atoms with Gasteiger partial charge in [-0.25, -0.2) is 14.8 Å². The van der Waals surface area contributed by atoms with Gasteiger partial charge >= 0.3 is 12.1 Å². The minimum Gasteiger partial charge on any atom is -0.515 e. The summed E-state index contributed by atoms with van der Waals surface area (Å²) in [6.07, 6.45) is -2.34. The zero-order valence-electron chi connectivity index (χ0n) is 9.23. The largest absolute Gasteiger partial charge is 0.515 e. The highest BCUT2D eigenvalue weighted by Gasteiger charge is 2.34. The van der Waals surface area contributed by atoms with Crippen LogP contribution in [-0.2, 0) is 22.1 Å². The number of rotatable bonds is 3. The van der Waals surface area contributed by atoms with E-state index in [-0.39, 0.29) is 17.6 Å². The van der Waals surface area contributed by atoms with Crippen LogP contribution in [0.15, 0.2) is 24.2 Å². The zero-order chi connectivity index (χ0) is 13.8. The van der Waals surface area contributed by atoms with Crippen LogP contribution in [0.1, 0.15) is 11.4 Å². The van der Waals surface area contributed by atoms with Gasteiger partial charge in [0.25, 0.3) is 0 Å². The molecule has 1 N–H and O–H groups in total. The van der Waals surface area contributed by atoms with E-state index < -0.39 is 18.0 Å². The average Bonchev–Trinajstić information content (AvgIpc) is 2.34. The summed E-state index contributed by atoms with van der Waals surface area (Å²) in [5.74, 6) is -2.05. The van der Waals surface area contributed by atoms with Crippen LogP contribution in [0.5, 0.6) is 0 Å². The fraction of sp³-hybridized carbons (Fsp3) is 0.300. The molecule has 0 saturated carbocycles. The number of esters is 1. The highest BCUT2D eigenvalue weighted by Crippen LogP contribution is 2.25. The van der Waals surface area contributed by atoms with Crippen molar-refractivity contribution in [2.24, 2.45) is 0 Å². The quantitative estimate of drug-likeness (QED) is 0.509. The molecule has 1 rings (SSSR count). The highest BCUT2D eigenvalue weighted by molar-refractivity contribution is 5.88. The Balaban J connectivity index is 2.84. The van der Waals surface area contributed by atoms with Gasteiger partial charge < -0.3 is 9.84 Å². The molecule has 0 aliphatic heterocycles. The molecule has 0 fully saturated rings. The van der Waals surface area contributed by atoms with Crippen LogP contribution in [0, 0.1) is 0 Å². The molecule has 0 radical (unpaired) electrons. The molecule has 18 heavy (non-hydrogen) atoms. The molecular weight excluding hydrogens is 253 g/mol. The standard InChI is InChI=1S/C10H9F3N2O3/c1-18-8(17)7(5-16)2-6-3-14-9(15-4-6)10(11,12)13/h3-5,16H,2H2,1H3/b7-5-. The topological polar surface area (TPSA) is 72.3 Å². The maximum Gasteiger partial charge on any atom is 0.451 e. The van der Waals surface area contributed by atoms with E-state index in [2.05, 4.69) is 14.7 Å². The lowest BCUT2D eigenvalue weighted by Gasteiger charge is -2.06. The number of alkyl halides is 3. The molecule has 0 amide bonds. The molecule has 0 spiro atoms. The number of carbonyl (C=O) groups is 1. The van der Waals surface area contributed by atoms with Crippen LogP contribution in [0.4, 0.5) is 13.2 Å². The summed E-state index contributed by atoms with van der Waals surface area (Å²) in [6.45, 7) is 0. The first kappa shape index (κ1) is 13.9. The van der Waals surface area contributed by atoms with Gasteiger partial charge in [0.05, 0.1) is 18.9 Å².